The summed E-state index contributed by atoms with van der Waals surface area (Å²) in [7, 11) is -3.29. The summed E-state index contributed by atoms with van der Waals surface area (Å²) in [4.78, 5) is 0.371. The molecule has 2 aliphatic rings. The molecule has 2 unspecified atom stereocenters. The predicted molar refractivity (Wildman–Crippen MR) is 70.5 cm³/mol. The van der Waals surface area contributed by atoms with Crippen LogP contribution >= 0.6 is 0 Å². The van der Waals surface area contributed by atoms with Gasteiger partial charge in [0.05, 0.1) is 16.2 Å². The van der Waals surface area contributed by atoms with E-state index in [1.165, 1.54) is 0 Å². The Kier molecular flexibility index (Phi) is 2.94. The molecular weight excluding hydrogens is 266 g/mol. The fourth-order valence-electron chi connectivity index (χ4n) is 2.70. The monoisotopic (exact) mass is 283 g/mol. The Bertz CT molecular complexity index is 611. The lowest BCUT2D eigenvalue weighted by Crippen LogP contribution is -2.29. The van der Waals surface area contributed by atoms with E-state index in [2.05, 4.69) is 5.32 Å². The summed E-state index contributed by atoms with van der Waals surface area (Å²) in [6.45, 7) is 5.38. The van der Waals surface area contributed by atoms with Crippen molar-refractivity contribution in [2.24, 2.45) is 0 Å². The van der Waals surface area contributed by atoms with Crippen LogP contribution in [0.2, 0.25) is 0 Å². The van der Waals surface area contributed by atoms with E-state index in [1.54, 1.807) is 19.1 Å². The standard InChI is InChI=1S/C13H17NO4S/c1-3-14-13-8(2)19(15,16)12-7-11-10(6-9(12)13)17-4-5-18-11/h6-8,13-14H,3-5H2,1-2H3. The van der Waals surface area contributed by atoms with E-state index < -0.39 is 15.1 Å². The molecule has 2 aliphatic heterocycles. The lowest BCUT2D eigenvalue weighted by molar-refractivity contribution is 0.170. The maximum absolute atomic E-state index is 12.4. The second kappa shape index (κ2) is 4.38. The molecule has 0 aromatic heterocycles. The van der Waals surface area contributed by atoms with Gasteiger partial charge in [0.1, 0.15) is 13.2 Å². The molecule has 0 radical (unpaired) electrons. The SMILES string of the molecule is CCNC1c2cc3c(cc2S(=O)(=O)C1C)OCCO3. The lowest BCUT2D eigenvalue weighted by Gasteiger charge is -2.20. The number of benzene rings is 1. The maximum Gasteiger partial charge on any atom is 0.183 e. The first kappa shape index (κ1) is 12.7. The summed E-state index contributed by atoms with van der Waals surface area (Å²) in [5, 5.41) is 2.77. The fraction of sp³-hybridized carbons (Fsp3) is 0.538. The number of fused-ring (bicyclic) bond motifs is 2. The average molecular weight is 283 g/mol. The van der Waals surface area contributed by atoms with Gasteiger partial charge in [-0.2, -0.15) is 0 Å². The van der Waals surface area contributed by atoms with Crippen molar-refractivity contribution in [1.29, 1.82) is 0 Å². The van der Waals surface area contributed by atoms with Gasteiger partial charge < -0.3 is 14.8 Å². The number of rotatable bonds is 2. The smallest absolute Gasteiger partial charge is 0.183 e. The highest BCUT2D eigenvalue weighted by Gasteiger charge is 2.43. The number of nitrogens with one attached hydrogen (secondary N) is 1. The van der Waals surface area contributed by atoms with Crippen LogP contribution in [0.1, 0.15) is 25.5 Å². The molecule has 0 bridgehead atoms. The highest BCUT2D eigenvalue weighted by molar-refractivity contribution is 7.92. The van der Waals surface area contributed by atoms with Crippen molar-refractivity contribution in [1.82, 2.24) is 5.32 Å². The van der Waals surface area contributed by atoms with Gasteiger partial charge in [0.2, 0.25) is 0 Å². The molecule has 3 rings (SSSR count). The highest BCUT2D eigenvalue weighted by atomic mass is 32.2. The van der Waals surface area contributed by atoms with E-state index in [0.717, 1.165) is 12.1 Å². The zero-order chi connectivity index (χ0) is 13.6. The van der Waals surface area contributed by atoms with Gasteiger partial charge in [0.15, 0.2) is 21.3 Å². The molecule has 19 heavy (non-hydrogen) atoms. The Morgan fingerprint density at radius 3 is 2.53 bits per heavy atom. The average Bonchev–Trinajstić information content (AvgIpc) is 2.58. The first-order chi connectivity index (χ1) is 9.05. The fourth-order valence-corrected chi connectivity index (χ4v) is 4.49. The van der Waals surface area contributed by atoms with Crippen LogP contribution in [0.5, 0.6) is 11.5 Å². The van der Waals surface area contributed by atoms with Gasteiger partial charge in [-0.15, -0.1) is 0 Å². The molecule has 1 aromatic rings. The Hall–Kier alpha value is -1.27. The topological polar surface area (TPSA) is 64.6 Å². The number of hydrogen-bond acceptors (Lipinski definition) is 5. The largest absolute Gasteiger partial charge is 0.486 e. The third-order valence-electron chi connectivity index (χ3n) is 3.70. The lowest BCUT2D eigenvalue weighted by atomic mass is 10.0. The van der Waals surface area contributed by atoms with Gasteiger partial charge in [-0.3, -0.25) is 0 Å². The first-order valence-electron chi connectivity index (χ1n) is 6.46. The van der Waals surface area contributed by atoms with Gasteiger partial charge >= 0.3 is 0 Å². The molecule has 2 atom stereocenters. The minimum Gasteiger partial charge on any atom is -0.486 e. The van der Waals surface area contributed by atoms with Crippen molar-refractivity contribution in [3.8, 4) is 11.5 Å². The van der Waals surface area contributed by atoms with Crippen LogP contribution in [-0.4, -0.2) is 33.4 Å². The minimum absolute atomic E-state index is 0.180. The van der Waals surface area contributed by atoms with Crippen molar-refractivity contribution in [3.63, 3.8) is 0 Å². The third-order valence-corrected chi connectivity index (χ3v) is 5.92. The van der Waals surface area contributed by atoms with Crippen LogP contribution in [0.15, 0.2) is 17.0 Å². The van der Waals surface area contributed by atoms with Gasteiger partial charge in [-0.25, -0.2) is 8.42 Å². The van der Waals surface area contributed by atoms with Crippen molar-refractivity contribution >= 4 is 9.84 Å². The van der Waals surface area contributed by atoms with Crippen molar-refractivity contribution in [2.75, 3.05) is 19.8 Å². The van der Waals surface area contributed by atoms with E-state index in [4.69, 9.17) is 9.47 Å². The van der Waals surface area contributed by atoms with Gasteiger partial charge in [0.25, 0.3) is 0 Å². The summed E-state index contributed by atoms with van der Waals surface area (Å²) in [6, 6.07) is 3.23. The molecule has 0 spiro atoms. The predicted octanol–water partition coefficient (Wildman–Crippen LogP) is 1.28. The van der Waals surface area contributed by atoms with Crippen LogP contribution in [0.25, 0.3) is 0 Å². The third kappa shape index (κ3) is 1.81. The van der Waals surface area contributed by atoms with Crippen molar-refractivity contribution < 1.29 is 17.9 Å². The Morgan fingerprint density at radius 2 is 1.89 bits per heavy atom. The molecule has 0 saturated carbocycles. The maximum atomic E-state index is 12.4. The summed E-state index contributed by atoms with van der Waals surface area (Å²) in [5.41, 5.74) is 0.790. The molecular formula is C13H17NO4S. The highest BCUT2D eigenvalue weighted by Crippen LogP contribution is 2.45. The van der Waals surface area contributed by atoms with Crippen LogP contribution in [0, 0.1) is 0 Å². The normalized spacial score (nSPS) is 27.1. The molecule has 0 aliphatic carbocycles. The van der Waals surface area contributed by atoms with E-state index in [-0.39, 0.29) is 6.04 Å². The Labute approximate surface area is 112 Å². The number of ether oxygens (including phenoxy) is 2. The van der Waals surface area contributed by atoms with Crippen LogP contribution < -0.4 is 14.8 Å². The molecule has 0 amide bonds. The van der Waals surface area contributed by atoms with E-state index in [0.29, 0.717) is 29.6 Å². The first-order valence-corrected chi connectivity index (χ1v) is 8.01. The van der Waals surface area contributed by atoms with Gasteiger partial charge in [-0.1, -0.05) is 6.92 Å². The van der Waals surface area contributed by atoms with Crippen LogP contribution in [-0.2, 0) is 9.84 Å². The van der Waals surface area contributed by atoms with E-state index in [9.17, 15) is 8.42 Å². The second-order valence-corrected chi connectivity index (χ2v) is 7.09. The van der Waals surface area contributed by atoms with Crippen LogP contribution in [0.3, 0.4) is 0 Å². The summed E-state index contributed by atoms with van der Waals surface area (Å²) >= 11 is 0. The van der Waals surface area contributed by atoms with Crippen molar-refractivity contribution in [2.45, 2.75) is 30.0 Å². The summed E-state index contributed by atoms with van der Waals surface area (Å²) in [5.74, 6) is 1.16. The van der Waals surface area contributed by atoms with Gasteiger partial charge in [0, 0.05) is 6.07 Å². The van der Waals surface area contributed by atoms with Crippen molar-refractivity contribution in [3.05, 3.63) is 17.7 Å². The van der Waals surface area contributed by atoms with Crippen LogP contribution in [0.4, 0.5) is 0 Å². The number of sulfone groups is 1. The quantitative estimate of drug-likeness (QED) is 0.886. The Morgan fingerprint density at radius 1 is 1.26 bits per heavy atom. The van der Waals surface area contributed by atoms with E-state index in [1.807, 2.05) is 6.92 Å². The number of hydrogen-bond donors (Lipinski definition) is 1. The molecule has 5 nitrogen and oxygen atoms in total. The molecule has 0 fully saturated rings. The molecule has 1 aromatic carbocycles. The molecule has 104 valence electrons. The zero-order valence-corrected chi connectivity index (χ0v) is 11.8. The van der Waals surface area contributed by atoms with Gasteiger partial charge in [-0.05, 0) is 25.1 Å². The summed E-state index contributed by atoms with van der Waals surface area (Å²) < 4.78 is 35.8. The molecule has 1 N–H and O–H groups in total. The molecule has 2 heterocycles. The Balaban J connectivity index is 2.17. The molecule has 0 saturated heterocycles. The molecule has 6 heteroatoms. The second-order valence-electron chi connectivity index (χ2n) is 4.82. The summed E-state index contributed by atoms with van der Waals surface area (Å²) in [6.07, 6.45) is 0. The zero-order valence-electron chi connectivity index (χ0n) is 11.0. The minimum atomic E-state index is -3.29. The van der Waals surface area contributed by atoms with E-state index >= 15 is 0 Å².